The summed E-state index contributed by atoms with van der Waals surface area (Å²) in [6, 6.07) is 0. The average molecular weight is 281 g/mol. The number of hydrogen-bond acceptors (Lipinski definition) is 6. The second kappa shape index (κ2) is 9.06. The topological polar surface area (TPSA) is 93.0 Å². The first-order valence-electron chi connectivity index (χ1n) is 7.12. The van der Waals surface area contributed by atoms with Crippen molar-refractivity contribution in [1.82, 2.24) is 9.97 Å². The molecule has 1 aromatic heterocycles. The van der Waals surface area contributed by atoms with Crippen molar-refractivity contribution in [3.8, 4) is 0 Å². The highest BCUT2D eigenvalue weighted by molar-refractivity contribution is 5.56. The summed E-state index contributed by atoms with van der Waals surface area (Å²) in [4.78, 5) is 18.4. The summed E-state index contributed by atoms with van der Waals surface area (Å²) < 4.78 is 0. The standard InChI is InChI=1S/C13H23N5O2/c1-3-4-5-6-7-8-9-15-12-11(18(19)20)10-16-13(14-2)17-12/h10H,3-9H2,1-2H3,(H2,14,15,16,17). The van der Waals surface area contributed by atoms with E-state index in [9.17, 15) is 10.1 Å². The van der Waals surface area contributed by atoms with E-state index < -0.39 is 4.92 Å². The molecule has 1 heterocycles. The van der Waals surface area contributed by atoms with E-state index in [1.54, 1.807) is 7.05 Å². The minimum Gasteiger partial charge on any atom is -0.364 e. The normalized spacial score (nSPS) is 10.3. The molecule has 0 aliphatic rings. The summed E-state index contributed by atoms with van der Waals surface area (Å²) in [5.41, 5.74) is -0.0880. The van der Waals surface area contributed by atoms with Gasteiger partial charge in [-0.15, -0.1) is 0 Å². The summed E-state index contributed by atoms with van der Waals surface area (Å²) >= 11 is 0. The van der Waals surface area contributed by atoms with Gasteiger partial charge in [-0.2, -0.15) is 4.98 Å². The lowest BCUT2D eigenvalue weighted by Crippen LogP contribution is -2.08. The number of aromatic nitrogens is 2. The third kappa shape index (κ3) is 5.38. The van der Waals surface area contributed by atoms with Crippen LogP contribution in [-0.4, -0.2) is 28.5 Å². The Kier molecular flexibility index (Phi) is 7.31. The van der Waals surface area contributed by atoms with Crippen molar-refractivity contribution >= 4 is 17.5 Å². The van der Waals surface area contributed by atoms with Gasteiger partial charge in [0, 0.05) is 13.6 Å². The van der Waals surface area contributed by atoms with Gasteiger partial charge in [0.05, 0.1) is 4.92 Å². The Labute approximate surface area is 119 Å². The zero-order chi connectivity index (χ0) is 14.8. The van der Waals surface area contributed by atoms with E-state index in [1.807, 2.05) is 0 Å². The predicted molar refractivity (Wildman–Crippen MR) is 80.1 cm³/mol. The minimum absolute atomic E-state index is 0.0880. The molecule has 0 atom stereocenters. The van der Waals surface area contributed by atoms with Gasteiger partial charge in [0.15, 0.2) is 0 Å². The molecule has 0 aliphatic heterocycles. The summed E-state index contributed by atoms with van der Waals surface area (Å²) in [7, 11) is 1.68. The van der Waals surface area contributed by atoms with Crippen LogP contribution in [0.2, 0.25) is 0 Å². The van der Waals surface area contributed by atoms with Crippen LogP contribution in [0.25, 0.3) is 0 Å². The van der Waals surface area contributed by atoms with E-state index in [2.05, 4.69) is 27.5 Å². The average Bonchev–Trinajstić information content (AvgIpc) is 2.45. The Balaban J connectivity index is 2.43. The van der Waals surface area contributed by atoms with Gasteiger partial charge >= 0.3 is 5.69 Å². The summed E-state index contributed by atoms with van der Waals surface area (Å²) in [5, 5.41) is 16.7. The van der Waals surface area contributed by atoms with Crippen LogP contribution in [0.5, 0.6) is 0 Å². The molecule has 0 bridgehead atoms. The monoisotopic (exact) mass is 281 g/mol. The van der Waals surface area contributed by atoms with E-state index in [0.717, 1.165) is 12.8 Å². The maximum atomic E-state index is 10.9. The smallest absolute Gasteiger partial charge is 0.329 e. The number of hydrogen-bond donors (Lipinski definition) is 2. The fourth-order valence-electron chi connectivity index (χ4n) is 1.87. The number of rotatable bonds is 10. The SMILES string of the molecule is CCCCCCCCNc1nc(NC)ncc1[N+](=O)[O-]. The van der Waals surface area contributed by atoms with Gasteiger partial charge in [0.1, 0.15) is 6.20 Å². The lowest BCUT2D eigenvalue weighted by molar-refractivity contribution is -0.384. The molecule has 0 amide bonds. The third-order valence-corrected chi connectivity index (χ3v) is 3.01. The van der Waals surface area contributed by atoms with Gasteiger partial charge in [-0.05, 0) is 6.42 Å². The molecule has 7 heteroatoms. The molecule has 1 aromatic rings. The Hall–Kier alpha value is -1.92. The molecule has 1 rings (SSSR count). The van der Waals surface area contributed by atoms with Gasteiger partial charge in [-0.1, -0.05) is 39.0 Å². The third-order valence-electron chi connectivity index (χ3n) is 3.01. The van der Waals surface area contributed by atoms with Crippen LogP contribution in [0, 0.1) is 10.1 Å². The molecule has 2 N–H and O–H groups in total. The van der Waals surface area contributed by atoms with Gasteiger partial charge in [0.25, 0.3) is 0 Å². The quantitative estimate of drug-likeness (QED) is 0.388. The molecule has 0 radical (unpaired) electrons. The van der Waals surface area contributed by atoms with Crippen molar-refractivity contribution in [3.63, 3.8) is 0 Å². The maximum absolute atomic E-state index is 10.9. The largest absolute Gasteiger partial charge is 0.364 e. The molecule has 112 valence electrons. The fourth-order valence-corrected chi connectivity index (χ4v) is 1.87. The Morgan fingerprint density at radius 1 is 1.25 bits per heavy atom. The van der Waals surface area contributed by atoms with Crippen LogP contribution in [0.4, 0.5) is 17.5 Å². The van der Waals surface area contributed by atoms with Crippen molar-refractivity contribution in [3.05, 3.63) is 16.3 Å². The van der Waals surface area contributed by atoms with Crippen molar-refractivity contribution in [2.75, 3.05) is 24.2 Å². The summed E-state index contributed by atoms with van der Waals surface area (Å²) in [6.45, 7) is 2.88. The molecule has 0 aromatic carbocycles. The number of unbranched alkanes of at least 4 members (excludes halogenated alkanes) is 5. The first kappa shape index (κ1) is 16.1. The minimum atomic E-state index is -0.469. The molecular weight excluding hydrogens is 258 g/mol. The number of nitrogens with one attached hydrogen (secondary N) is 2. The van der Waals surface area contributed by atoms with E-state index >= 15 is 0 Å². The van der Waals surface area contributed by atoms with Gasteiger partial charge < -0.3 is 10.6 Å². The molecule has 20 heavy (non-hydrogen) atoms. The molecule has 0 unspecified atom stereocenters. The lowest BCUT2D eigenvalue weighted by Gasteiger charge is -2.07. The zero-order valence-electron chi connectivity index (χ0n) is 12.2. The Morgan fingerprint density at radius 3 is 2.60 bits per heavy atom. The van der Waals surface area contributed by atoms with Crippen LogP contribution in [-0.2, 0) is 0 Å². The second-order valence-electron chi connectivity index (χ2n) is 4.63. The van der Waals surface area contributed by atoms with Crippen LogP contribution >= 0.6 is 0 Å². The molecule has 0 saturated carbocycles. The van der Waals surface area contributed by atoms with Crippen molar-refractivity contribution in [2.24, 2.45) is 0 Å². The maximum Gasteiger partial charge on any atom is 0.329 e. The summed E-state index contributed by atoms with van der Waals surface area (Å²) in [6.07, 6.45) is 8.32. The first-order valence-corrected chi connectivity index (χ1v) is 7.12. The van der Waals surface area contributed by atoms with Gasteiger partial charge in [-0.25, -0.2) is 4.98 Å². The molecule has 0 spiro atoms. The highest BCUT2D eigenvalue weighted by atomic mass is 16.6. The molecule has 0 aliphatic carbocycles. The van der Waals surface area contributed by atoms with E-state index in [-0.39, 0.29) is 11.5 Å². The van der Waals surface area contributed by atoms with E-state index in [4.69, 9.17) is 0 Å². The lowest BCUT2D eigenvalue weighted by atomic mass is 10.1. The van der Waals surface area contributed by atoms with Gasteiger partial charge in [-0.3, -0.25) is 10.1 Å². The van der Waals surface area contributed by atoms with Crippen LogP contribution < -0.4 is 10.6 Å². The van der Waals surface area contributed by atoms with Crippen LogP contribution in [0.15, 0.2) is 6.20 Å². The summed E-state index contributed by atoms with van der Waals surface area (Å²) in [5.74, 6) is 0.656. The van der Waals surface area contributed by atoms with Gasteiger partial charge in [0.2, 0.25) is 11.8 Å². The molecular formula is C13H23N5O2. The Morgan fingerprint density at radius 2 is 1.95 bits per heavy atom. The molecule has 0 fully saturated rings. The number of nitro groups is 1. The van der Waals surface area contributed by atoms with Crippen molar-refractivity contribution in [2.45, 2.75) is 45.4 Å². The first-order chi connectivity index (χ1) is 9.69. The Bertz CT molecular complexity index is 425. The van der Waals surface area contributed by atoms with Crippen molar-refractivity contribution in [1.29, 1.82) is 0 Å². The number of nitrogens with zero attached hydrogens (tertiary/aromatic N) is 3. The second-order valence-corrected chi connectivity index (χ2v) is 4.63. The van der Waals surface area contributed by atoms with Crippen molar-refractivity contribution < 1.29 is 4.92 Å². The molecule has 7 nitrogen and oxygen atoms in total. The van der Waals surface area contributed by atoms with E-state index in [0.29, 0.717) is 12.5 Å². The zero-order valence-corrected chi connectivity index (χ0v) is 12.2. The molecule has 0 saturated heterocycles. The number of anilines is 2. The predicted octanol–water partition coefficient (Wildman–Crippen LogP) is 3.20. The van der Waals surface area contributed by atoms with Crippen LogP contribution in [0.3, 0.4) is 0 Å². The highest BCUT2D eigenvalue weighted by Gasteiger charge is 2.16. The van der Waals surface area contributed by atoms with Crippen LogP contribution in [0.1, 0.15) is 45.4 Å². The highest BCUT2D eigenvalue weighted by Crippen LogP contribution is 2.21. The van der Waals surface area contributed by atoms with E-state index in [1.165, 1.54) is 31.9 Å². The fraction of sp³-hybridized carbons (Fsp3) is 0.692.